The number of carbonyl (C=O) groups excluding carboxylic acids is 4. The number of ether oxygens (including phenoxy) is 3. The Kier molecular flexibility index (Phi) is 8.99. The molecule has 0 spiro atoms. The highest BCUT2D eigenvalue weighted by atomic mass is 16.6. The Morgan fingerprint density at radius 3 is 2.39 bits per heavy atom. The number of carbonyl (C=O) groups is 4. The minimum atomic E-state index is -0.879. The van der Waals surface area contributed by atoms with Crippen molar-refractivity contribution in [2.45, 2.75) is 45.3 Å². The van der Waals surface area contributed by atoms with Gasteiger partial charge in [-0.05, 0) is 45.4 Å². The average Bonchev–Trinajstić information content (AvgIpc) is 3.03. The second-order valence-electron chi connectivity index (χ2n) is 9.31. The van der Waals surface area contributed by atoms with Crippen molar-refractivity contribution < 1.29 is 43.5 Å². The zero-order valence-electron chi connectivity index (χ0n) is 20.7. The van der Waals surface area contributed by atoms with Gasteiger partial charge in [0.1, 0.15) is 5.60 Å². The number of alkyl carbamates (subject to hydrolysis) is 1. The Balaban J connectivity index is 1.34. The first-order valence-electron chi connectivity index (χ1n) is 11.8. The quantitative estimate of drug-likeness (QED) is 0.240. The van der Waals surface area contributed by atoms with Crippen LogP contribution in [0.4, 0.5) is 10.5 Å². The normalized spacial score (nSPS) is 17.6. The smallest absolute Gasteiger partial charge is 0.407 e. The number of hydrogen-bond donors (Lipinski definition) is 4. The van der Waals surface area contributed by atoms with E-state index in [1.165, 1.54) is 0 Å². The standard InChI is InChI=1S/C24H32N4O8/c1-24(2,3)36-23(33)26-9-11-35-13-12-34-10-8-25-15-4-5-16-17(14-15)22(32)28(21(16)31)18-6-7-19(29)27-20(18)30/h4-5,14,18,25H,6-13H2,1-3H3,(H,26,33)(H,27,29,30)/p+1. The summed E-state index contributed by atoms with van der Waals surface area (Å²) in [6.45, 7) is 7.64. The number of rotatable bonds is 11. The molecule has 4 N–H and O–H groups in total. The van der Waals surface area contributed by atoms with Gasteiger partial charge >= 0.3 is 17.9 Å². The van der Waals surface area contributed by atoms with E-state index in [1.807, 2.05) is 0 Å². The summed E-state index contributed by atoms with van der Waals surface area (Å²) in [4.78, 5) is 51.8. The summed E-state index contributed by atoms with van der Waals surface area (Å²) in [6, 6.07) is 3.97. The lowest BCUT2D eigenvalue weighted by atomic mass is 10.1. The maximum Gasteiger partial charge on any atom is 0.407 e. The van der Waals surface area contributed by atoms with Crippen LogP contribution in [0.5, 0.6) is 0 Å². The van der Waals surface area contributed by atoms with Crippen molar-refractivity contribution >= 4 is 35.4 Å². The Labute approximate surface area is 209 Å². The number of benzene rings is 1. The Morgan fingerprint density at radius 1 is 1.06 bits per heavy atom. The monoisotopic (exact) mass is 505 g/mol. The highest BCUT2D eigenvalue weighted by Gasteiger charge is 2.46. The van der Waals surface area contributed by atoms with E-state index in [2.05, 4.69) is 15.6 Å². The summed E-state index contributed by atoms with van der Waals surface area (Å²) < 4.78 is 16.0. The number of aliphatic hydroxyl groups excluding tert-OH is 1. The zero-order valence-corrected chi connectivity index (χ0v) is 20.7. The van der Waals surface area contributed by atoms with Crippen LogP contribution in [0.1, 0.15) is 54.3 Å². The average molecular weight is 506 g/mol. The molecule has 0 bridgehead atoms. The van der Waals surface area contributed by atoms with Gasteiger partial charge in [0.05, 0.1) is 44.0 Å². The minimum absolute atomic E-state index is 0.114. The summed E-state index contributed by atoms with van der Waals surface area (Å²) in [5.41, 5.74) is 0.599. The Bertz CT molecular complexity index is 1030. The highest BCUT2D eigenvalue weighted by Crippen LogP contribution is 2.28. The van der Waals surface area contributed by atoms with Crippen LogP contribution < -0.4 is 15.6 Å². The third kappa shape index (κ3) is 7.25. The summed E-state index contributed by atoms with van der Waals surface area (Å²) in [5, 5.41) is 15.8. The van der Waals surface area contributed by atoms with Crippen LogP contribution in [0, 0.1) is 0 Å². The first kappa shape index (κ1) is 27.1. The third-order valence-corrected chi connectivity index (χ3v) is 5.32. The van der Waals surface area contributed by atoms with Crippen molar-refractivity contribution in [1.82, 2.24) is 10.2 Å². The predicted molar refractivity (Wildman–Crippen MR) is 128 cm³/mol. The SMILES string of the molecule is CC(C)(C)OC(=O)NCCOCCOCCNc1ccc2c(c1)C(=O)N(C1CCC(=O)[NH+]=C1O)C2=O. The van der Waals surface area contributed by atoms with Gasteiger partial charge < -0.3 is 30.0 Å². The van der Waals surface area contributed by atoms with Crippen LogP contribution in [0.3, 0.4) is 0 Å². The van der Waals surface area contributed by atoms with Gasteiger partial charge in [0.2, 0.25) is 0 Å². The number of anilines is 1. The van der Waals surface area contributed by atoms with E-state index >= 15 is 0 Å². The fraction of sp³-hybridized carbons (Fsp3) is 0.542. The van der Waals surface area contributed by atoms with E-state index < -0.39 is 29.6 Å². The number of nitrogens with one attached hydrogen (secondary N) is 3. The van der Waals surface area contributed by atoms with Crippen LogP contribution in [-0.4, -0.2) is 90.9 Å². The number of aliphatic hydroxyl groups is 1. The summed E-state index contributed by atoms with van der Waals surface area (Å²) in [7, 11) is 0. The molecule has 2 aliphatic rings. The van der Waals surface area contributed by atoms with E-state index in [-0.39, 0.29) is 35.8 Å². The molecule has 0 aromatic heterocycles. The molecule has 1 unspecified atom stereocenters. The molecule has 0 saturated carbocycles. The van der Waals surface area contributed by atoms with Gasteiger partial charge in [-0.15, -0.1) is 4.99 Å². The van der Waals surface area contributed by atoms with E-state index in [1.54, 1.807) is 39.0 Å². The molecule has 0 aliphatic carbocycles. The molecule has 4 amide bonds. The molecule has 1 aromatic carbocycles. The van der Waals surface area contributed by atoms with Crippen molar-refractivity contribution in [1.29, 1.82) is 0 Å². The first-order chi connectivity index (χ1) is 17.1. The van der Waals surface area contributed by atoms with Gasteiger partial charge in [0.25, 0.3) is 11.8 Å². The molecule has 2 aliphatic heterocycles. The molecule has 1 atom stereocenters. The molecule has 196 valence electrons. The van der Waals surface area contributed by atoms with Gasteiger partial charge in [0.15, 0.2) is 6.04 Å². The number of hydrogen-bond acceptors (Lipinski definition) is 8. The van der Waals surface area contributed by atoms with Crippen molar-refractivity contribution in [3.05, 3.63) is 29.3 Å². The maximum atomic E-state index is 12.9. The largest absolute Gasteiger partial charge is 0.462 e. The molecule has 1 aromatic rings. The van der Waals surface area contributed by atoms with Crippen molar-refractivity contribution in [2.24, 2.45) is 0 Å². The molecule has 0 fully saturated rings. The van der Waals surface area contributed by atoms with Gasteiger partial charge in [-0.3, -0.25) is 14.5 Å². The highest BCUT2D eigenvalue weighted by molar-refractivity contribution is 6.23. The second-order valence-corrected chi connectivity index (χ2v) is 9.31. The lowest BCUT2D eigenvalue weighted by Crippen LogP contribution is -2.82. The summed E-state index contributed by atoms with van der Waals surface area (Å²) >= 11 is 0. The fourth-order valence-electron chi connectivity index (χ4n) is 3.73. The molecule has 0 saturated heterocycles. The van der Waals surface area contributed by atoms with Crippen LogP contribution in [0.15, 0.2) is 18.2 Å². The molecule has 36 heavy (non-hydrogen) atoms. The van der Waals surface area contributed by atoms with Crippen molar-refractivity contribution in [3.8, 4) is 0 Å². The number of nitrogens with zero attached hydrogens (tertiary/aromatic N) is 1. The fourth-order valence-corrected chi connectivity index (χ4v) is 3.73. The van der Waals surface area contributed by atoms with Crippen LogP contribution in [-0.2, 0) is 19.0 Å². The lowest BCUT2D eigenvalue weighted by Gasteiger charge is -2.22. The molecule has 12 heteroatoms. The third-order valence-electron chi connectivity index (χ3n) is 5.32. The van der Waals surface area contributed by atoms with Crippen molar-refractivity contribution in [2.75, 3.05) is 44.8 Å². The van der Waals surface area contributed by atoms with Crippen molar-refractivity contribution in [3.63, 3.8) is 0 Å². The molecular weight excluding hydrogens is 472 g/mol. The van der Waals surface area contributed by atoms with E-state index in [4.69, 9.17) is 14.2 Å². The number of fused-ring (bicyclic) bond motifs is 1. The Hall–Kier alpha value is -3.51. The molecule has 2 heterocycles. The van der Waals surface area contributed by atoms with E-state index in [0.29, 0.717) is 45.2 Å². The van der Waals surface area contributed by atoms with E-state index in [9.17, 15) is 24.3 Å². The van der Waals surface area contributed by atoms with Gasteiger partial charge in [0, 0.05) is 18.8 Å². The zero-order chi connectivity index (χ0) is 26.3. The first-order valence-corrected chi connectivity index (χ1v) is 11.8. The van der Waals surface area contributed by atoms with Gasteiger partial charge in [-0.2, -0.15) is 0 Å². The molecule has 0 radical (unpaired) electrons. The van der Waals surface area contributed by atoms with E-state index in [0.717, 1.165) is 4.90 Å². The number of imide groups is 1. The lowest BCUT2D eigenvalue weighted by molar-refractivity contribution is -0.394. The minimum Gasteiger partial charge on any atom is -0.462 e. The van der Waals surface area contributed by atoms with Gasteiger partial charge in [-0.1, -0.05) is 0 Å². The predicted octanol–water partition coefficient (Wildman–Crippen LogP) is -0.0215. The summed E-state index contributed by atoms with van der Waals surface area (Å²) in [5.74, 6) is -1.75. The Morgan fingerprint density at radius 2 is 1.72 bits per heavy atom. The van der Waals surface area contributed by atoms with Crippen LogP contribution in [0.2, 0.25) is 0 Å². The maximum absolute atomic E-state index is 12.9. The topological polar surface area (TPSA) is 157 Å². The summed E-state index contributed by atoms with van der Waals surface area (Å²) in [6.07, 6.45) is -0.198. The van der Waals surface area contributed by atoms with Crippen LogP contribution in [0.25, 0.3) is 0 Å². The number of amides is 4. The molecular formula is C24H33N4O8+. The molecule has 12 nitrogen and oxygen atoms in total. The van der Waals surface area contributed by atoms with Crippen LogP contribution >= 0.6 is 0 Å². The molecule has 3 rings (SSSR count). The second kappa shape index (κ2) is 12.0. The van der Waals surface area contributed by atoms with Gasteiger partial charge in [-0.25, -0.2) is 9.59 Å².